The monoisotopic (exact) mass is 430 g/mol. The number of fused-ring (bicyclic) bond motifs is 1. The Kier molecular flexibility index (Phi) is 6.96. The number of benzene rings is 1. The van der Waals surface area contributed by atoms with Crippen molar-refractivity contribution in [2.75, 3.05) is 47.1 Å². The molecule has 1 saturated heterocycles. The fraction of sp³-hybridized carbons (Fsp3) is 0.500. The van der Waals surface area contributed by atoms with Gasteiger partial charge in [-0.3, -0.25) is 9.89 Å². The van der Waals surface area contributed by atoms with Gasteiger partial charge in [-0.2, -0.15) is 0 Å². The summed E-state index contributed by atoms with van der Waals surface area (Å²) in [6.45, 7) is 3.52. The molecule has 2 aliphatic rings. The first-order valence-electron chi connectivity index (χ1n) is 10.4. The summed E-state index contributed by atoms with van der Waals surface area (Å²) in [6.07, 6.45) is 2.46. The van der Waals surface area contributed by atoms with Crippen molar-refractivity contribution in [1.82, 2.24) is 15.5 Å². The van der Waals surface area contributed by atoms with Crippen molar-refractivity contribution in [2.24, 2.45) is 10.9 Å². The number of piperidine rings is 1. The van der Waals surface area contributed by atoms with Gasteiger partial charge >= 0.3 is 0 Å². The highest BCUT2D eigenvalue weighted by atomic mass is 32.1. The highest BCUT2D eigenvalue weighted by Crippen LogP contribution is 2.37. The van der Waals surface area contributed by atoms with E-state index in [4.69, 9.17) is 14.2 Å². The van der Waals surface area contributed by atoms with E-state index in [1.165, 1.54) is 17.7 Å². The van der Waals surface area contributed by atoms with Crippen molar-refractivity contribution in [3.63, 3.8) is 0 Å². The van der Waals surface area contributed by atoms with E-state index in [1.54, 1.807) is 7.05 Å². The zero-order valence-corrected chi connectivity index (χ0v) is 18.4. The molecule has 0 aliphatic carbocycles. The summed E-state index contributed by atoms with van der Waals surface area (Å²) in [6, 6.07) is 10.5. The van der Waals surface area contributed by atoms with E-state index < -0.39 is 0 Å². The molecule has 2 aliphatic heterocycles. The zero-order valence-electron chi connectivity index (χ0n) is 17.6. The number of guanidine groups is 1. The molecule has 162 valence electrons. The molecule has 1 aromatic carbocycles. The molecule has 30 heavy (non-hydrogen) atoms. The maximum Gasteiger partial charge on any atom is 0.231 e. The zero-order chi connectivity index (χ0) is 20.8. The van der Waals surface area contributed by atoms with Crippen LogP contribution >= 0.6 is 11.3 Å². The van der Waals surface area contributed by atoms with Crippen molar-refractivity contribution in [1.29, 1.82) is 0 Å². The summed E-state index contributed by atoms with van der Waals surface area (Å²) in [5.74, 6) is 3.64. The second-order valence-electron chi connectivity index (χ2n) is 7.59. The Morgan fingerprint density at radius 1 is 1.27 bits per heavy atom. The minimum absolute atomic E-state index is 0.270. The van der Waals surface area contributed by atoms with Crippen molar-refractivity contribution in [2.45, 2.75) is 18.9 Å². The van der Waals surface area contributed by atoms with Gasteiger partial charge in [0, 0.05) is 30.6 Å². The number of likely N-dealkylation sites (tertiary alicyclic amines) is 1. The molecule has 2 unspecified atom stereocenters. The lowest BCUT2D eigenvalue weighted by molar-refractivity contribution is 0.125. The summed E-state index contributed by atoms with van der Waals surface area (Å²) in [5.41, 5.74) is 0. The van der Waals surface area contributed by atoms with Gasteiger partial charge in [0.05, 0.1) is 6.54 Å². The first kappa shape index (κ1) is 20.8. The number of nitrogens with one attached hydrogen (secondary N) is 2. The molecule has 2 N–H and O–H groups in total. The van der Waals surface area contributed by atoms with Crippen molar-refractivity contribution >= 4 is 17.3 Å². The summed E-state index contributed by atoms with van der Waals surface area (Å²) in [5, 5.41) is 9.02. The maximum atomic E-state index is 5.81. The number of hydrogen-bond donors (Lipinski definition) is 2. The summed E-state index contributed by atoms with van der Waals surface area (Å²) in [7, 11) is 4.04. The van der Waals surface area contributed by atoms with Gasteiger partial charge in [0.25, 0.3) is 0 Å². The molecule has 0 radical (unpaired) electrons. The Morgan fingerprint density at radius 2 is 2.17 bits per heavy atom. The minimum Gasteiger partial charge on any atom is -0.492 e. The molecule has 4 rings (SSSR count). The molecule has 1 aromatic heterocycles. The van der Waals surface area contributed by atoms with Gasteiger partial charge in [-0.1, -0.05) is 6.07 Å². The fourth-order valence-electron chi connectivity index (χ4n) is 4.14. The second kappa shape index (κ2) is 10.0. The van der Waals surface area contributed by atoms with Gasteiger partial charge < -0.3 is 24.8 Å². The topological polar surface area (TPSA) is 67.4 Å². The Hall–Kier alpha value is -2.45. The van der Waals surface area contributed by atoms with E-state index in [0.717, 1.165) is 36.3 Å². The summed E-state index contributed by atoms with van der Waals surface area (Å²) in [4.78, 5) is 8.29. The molecule has 8 heteroatoms. The third kappa shape index (κ3) is 4.99. The summed E-state index contributed by atoms with van der Waals surface area (Å²) >= 11 is 1.85. The summed E-state index contributed by atoms with van der Waals surface area (Å²) < 4.78 is 16.5. The SMILES string of the molecule is CN=C(NCCOc1ccc2c(c1)OCO2)NCC1CCCN(C)C1c1cccs1. The fourth-order valence-corrected chi connectivity index (χ4v) is 5.12. The van der Waals surface area contributed by atoms with Crippen LogP contribution in [0, 0.1) is 5.92 Å². The van der Waals surface area contributed by atoms with Crippen molar-refractivity contribution in [3.05, 3.63) is 40.6 Å². The van der Waals surface area contributed by atoms with Gasteiger partial charge in [0.2, 0.25) is 6.79 Å². The van der Waals surface area contributed by atoms with Crippen LogP contribution in [-0.2, 0) is 0 Å². The molecule has 7 nitrogen and oxygen atoms in total. The Labute approximate surface area is 182 Å². The molecular formula is C22H30N4O3S. The third-order valence-electron chi connectivity index (χ3n) is 5.60. The van der Waals surface area contributed by atoms with Crippen LogP contribution in [0.1, 0.15) is 23.8 Å². The average Bonchev–Trinajstić information content (AvgIpc) is 3.45. The molecule has 2 aromatic rings. The Bertz CT molecular complexity index is 843. The molecule has 3 heterocycles. The Morgan fingerprint density at radius 3 is 3.00 bits per heavy atom. The quantitative estimate of drug-likeness (QED) is 0.400. The first-order chi connectivity index (χ1) is 14.7. The lowest BCUT2D eigenvalue weighted by Gasteiger charge is -2.39. The molecule has 2 atom stereocenters. The third-order valence-corrected chi connectivity index (χ3v) is 6.55. The van der Waals surface area contributed by atoms with Gasteiger partial charge in [-0.25, -0.2) is 0 Å². The van der Waals surface area contributed by atoms with Crippen LogP contribution in [0.15, 0.2) is 40.7 Å². The second-order valence-corrected chi connectivity index (χ2v) is 8.57. The lowest BCUT2D eigenvalue weighted by Crippen LogP contribution is -2.45. The normalized spacial score (nSPS) is 21.5. The van der Waals surface area contributed by atoms with Crippen LogP contribution in [0.25, 0.3) is 0 Å². The Balaban J connectivity index is 1.22. The molecule has 0 bridgehead atoms. The van der Waals surface area contributed by atoms with Crippen molar-refractivity contribution in [3.8, 4) is 17.2 Å². The predicted octanol–water partition coefficient (Wildman–Crippen LogP) is 3.10. The number of aliphatic imine (C=N–C) groups is 1. The van der Waals surface area contributed by atoms with E-state index in [0.29, 0.717) is 25.1 Å². The van der Waals surface area contributed by atoms with E-state index in [-0.39, 0.29) is 6.79 Å². The number of rotatable bonds is 7. The number of ether oxygens (including phenoxy) is 3. The van der Waals surface area contributed by atoms with Crippen LogP contribution in [0.2, 0.25) is 0 Å². The minimum atomic E-state index is 0.270. The molecule has 1 fully saturated rings. The predicted molar refractivity (Wildman–Crippen MR) is 120 cm³/mol. The van der Waals surface area contributed by atoms with Crippen LogP contribution in [0.5, 0.6) is 17.2 Å². The smallest absolute Gasteiger partial charge is 0.231 e. The lowest BCUT2D eigenvalue weighted by atomic mass is 9.88. The van der Waals surface area contributed by atoms with E-state index in [2.05, 4.69) is 45.1 Å². The van der Waals surface area contributed by atoms with E-state index in [1.807, 2.05) is 29.5 Å². The standard InChI is InChI=1S/C22H30N4O3S/c1-23-22(24-9-11-27-17-7-8-18-19(13-17)29-15-28-18)25-14-16-5-3-10-26(2)21(16)20-6-4-12-30-20/h4,6-8,12-13,16,21H,3,5,9-11,14-15H2,1-2H3,(H2,23,24,25). The van der Waals surface area contributed by atoms with Crippen LogP contribution in [-0.4, -0.2) is 58.0 Å². The largest absolute Gasteiger partial charge is 0.492 e. The molecular weight excluding hydrogens is 400 g/mol. The van der Waals surface area contributed by atoms with Crippen molar-refractivity contribution < 1.29 is 14.2 Å². The van der Waals surface area contributed by atoms with Gasteiger partial charge in [0.1, 0.15) is 12.4 Å². The number of hydrogen-bond acceptors (Lipinski definition) is 6. The first-order valence-corrected chi connectivity index (χ1v) is 11.3. The van der Waals surface area contributed by atoms with Gasteiger partial charge in [0.15, 0.2) is 17.5 Å². The van der Waals surface area contributed by atoms with Gasteiger partial charge in [-0.05, 0) is 55.9 Å². The van der Waals surface area contributed by atoms with Crippen LogP contribution < -0.4 is 24.8 Å². The maximum absolute atomic E-state index is 5.81. The number of nitrogens with zero attached hydrogens (tertiary/aromatic N) is 2. The molecule has 0 spiro atoms. The van der Waals surface area contributed by atoms with E-state index >= 15 is 0 Å². The van der Waals surface area contributed by atoms with Crippen LogP contribution in [0.4, 0.5) is 0 Å². The van der Waals surface area contributed by atoms with Gasteiger partial charge in [-0.15, -0.1) is 11.3 Å². The molecule has 0 saturated carbocycles. The average molecular weight is 431 g/mol. The number of thiophene rings is 1. The van der Waals surface area contributed by atoms with E-state index in [9.17, 15) is 0 Å². The molecule has 0 amide bonds. The van der Waals surface area contributed by atoms with Crippen LogP contribution in [0.3, 0.4) is 0 Å². The highest BCUT2D eigenvalue weighted by molar-refractivity contribution is 7.10. The highest BCUT2D eigenvalue weighted by Gasteiger charge is 2.31.